The molecular weight excluding hydrogens is 222 g/mol. The van der Waals surface area contributed by atoms with Crippen LogP contribution in [0.25, 0.3) is 0 Å². The lowest BCUT2D eigenvalue weighted by Gasteiger charge is -2.37. The molecule has 1 aliphatic rings. The van der Waals surface area contributed by atoms with Crippen LogP contribution in [0.5, 0.6) is 0 Å². The fraction of sp³-hybridized carbons (Fsp3) is 0.938. The molecule has 1 saturated carbocycles. The van der Waals surface area contributed by atoms with Crippen LogP contribution in [-0.2, 0) is 4.74 Å². The fourth-order valence-electron chi connectivity index (χ4n) is 2.83. The van der Waals surface area contributed by atoms with Crippen molar-refractivity contribution < 1.29 is 4.74 Å². The first kappa shape index (κ1) is 15.5. The highest BCUT2D eigenvalue weighted by Crippen LogP contribution is 2.43. The lowest BCUT2D eigenvalue weighted by molar-refractivity contribution is -0.0188. The van der Waals surface area contributed by atoms with Gasteiger partial charge in [-0.25, -0.2) is 0 Å². The van der Waals surface area contributed by atoms with E-state index in [9.17, 15) is 5.26 Å². The Bertz CT molecular complexity index is 287. The van der Waals surface area contributed by atoms with Gasteiger partial charge in [0, 0.05) is 6.61 Å². The van der Waals surface area contributed by atoms with E-state index in [0.717, 1.165) is 31.1 Å². The van der Waals surface area contributed by atoms with Crippen LogP contribution in [0.4, 0.5) is 0 Å². The minimum Gasteiger partial charge on any atom is -0.376 e. The van der Waals surface area contributed by atoms with E-state index in [-0.39, 0.29) is 11.0 Å². The lowest BCUT2D eigenvalue weighted by Crippen LogP contribution is -2.30. The summed E-state index contributed by atoms with van der Waals surface area (Å²) in [6.45, 7) is 11.5. The van der Waals surface area contributed by atoms with Gasteiger partial charge in [-0.05, 0) is 64.7 Å². The average molecular weight is 251 g/mol. The van der Waals surface area contributed by atoms with Crippen molar-refractivity contribution in [2.24, 2.45) is 17.3 Å². The van der Waals surface area contributed by atoms with Gasteiger partial charge in [0.05, 0.1) is 17.1 Å². The molecule has 0 saturated heterocycles. The molecule has 2 heteroatoms. The minimum atomic E-state index is -0.114. The molecule has 0 aromatic heterocycles. The van der Waals surface area contributed by atoms with E-state index in [4.69, 9.17) is 4.74 Å². The van der Waals surface area contributed by atoms with E-state index in [2.05, 4.69) is 40.7 Å². The smallest absolute Gasteiger partial charge is 0.0690 e. The molecule has 0 spiro atoms. The van der Waals surface area contributed by atoms with Crippen LogP contribution in [-0.4, -0.2) is 12.2 Å². The molecule has 0 N–H and O–H groups in total. The Labute approximate surface area is 113 Å². The summed E-state index contributed by atoms with van der Waals surface area (Å²) in [5, 5.41) is 9.49. The van der Waals surface area contributed by atoms with Gasteiger partial charge in [-0.1, -0.05) is 13.8 Å². The van der Waals surface area contributed by atoms with E-state index in [1.807, 2.05) is 0 Å². The first-order chi connectivity index (χ1) is 8.28. The Kier molecular flexibility index (Phi) is 5.22. The molecule has 1 aliphatic carbocycles. The monoisotopic (exact) mass is 251 g/mol. The SMILES string of the molecule is CC(C)C1CCC(C#N)(CCOC(C)(C)C)CC1. The minimum absolute atomic E-state index is 0.0915. The fourth-order valence-corrected chi connectivity index (χ4v) is 2.83. The van der Waals surface area contributed by atoms with E-state index < -0.39 is 0 Å². The highest BCUT2D eigenvalue weighted by molar-refractivity contribution is 5.01. The van der Waals surface area contributed by atoms with E-state index in [0.29, 0.717) is 6.61 Å². The maximum Gasteiger partial charge on any atom is 0.0690 e. The highest BCUT2D eigenvalue weighted by Gasteiger charge is 2.36. The molecule has 0 aromatic carbocycles. The van der Waals surface area contributed by atoms with E-state index in [1.54, 1.807) is 0 Å². The van der Waals surface area contributed by atoms with Gasteiger partial charge in [-0.15, -0.1) is 0 Å². The number of hydrogen-bond donors (Lipinski definition) is 0. The van der Waals surface area contributed by atoms with Crippen molar-refractivity contribution in [3.8, 4) is 6.07 Å². The Hall–Kier alpha value is -0.550. The first-order valence-corrected chi connectivity index (χ1v) is 7.33. The Morgan fingerprint density at radius 3 is 2.22 bits per heavy atom. The van der Waals surface area contributed by atoms with Crippen molar-refractivity contribution in [3.63, 3.8) is 0 Å². The summed E-state index contributed by atoms with van der Waals surface area (Å²) in [5.74, 6) is 1.57. The highest BCUT2D eigenvalue weighted by atomic mass is 16.5. The van der Waals surface area contributed by atoms with Crippen LogP contribution in [0.15, 0.2) is 0 Å². The third-order valence-electron chi connectivity index (χ3n) is 4.28. The normalized spacial score (nSPS) is 29.3. The molecular formula is C16H29NO. The first-order valence-electron chi connectivity index (χ1n) is 7.33. The van der Waals surface area contributed by atoms with Crippen LogP contribution in [0.1, 0.15) is 66.7 Å². The van der Waals surface area contributed by atoms with E-state index in [1.165, 1.54) is 12.8 Å². The van der Waals surface area contributed by atoms with Crippen molar-refractivity contribution in [3.05, 3.63) is 0 Å². The van der Waals surface area contributed by atoms with Gasteiger partial charge in [0.1, 0.15) is 0 Å². The molecule has 0 radical (unpaired) electrons. The van der Waals surface area contributed by atoms with Crippen molar-refractivity contribution in [1.29, 1.82) is 5.26 Å². The second-order valence-corrected chi connectivity index (χ2v) is 7.18. The van der Waals surface area contributed by atoms with Gasteiger partial charge in [-0.2, -0.15) is 5.26 Å². The van der Waals surface area contributed by atoms with Crippen LogP contribution < -0.4 is 0 Å². The second kappa shape index (κ2) is 6.06. The van der Waals surface area contributed by atoms with Gasteiger partial charge >= 0.3 is 0 Å². The summed E-state index contributed by atoms with van der Waals surface area (Å²) in [7, 11) is 0. The summed E-state index contributed by atoms with van der Waals surface area (Å²) in [6, 6.07) is 2.58. The van der Waals surface area contributed by atoms with Crippen molar-refractivity contribution in [2.75, 3.05) is 6.61 Å². The number of nitrogens with zero attached hydrogens (tertiary/aromatic N) is 1. The molecule has 0 aromatic rings. The number of hydrogen-bond acceptors (Lipinski definition) is 2. The molecule has 0 heterocycles. The lowest BCUT2D eigenvalue weighted by atomic mass is 9.67. The van der Waals surface area contributed by atoms with Gasteiger partial charge in [0.25, 0.3) is 0 Å². The van der Waals surface area contributed by atoms with Crippen molar-refractivity contribution in [2.45, 2.75) is 72.3 Å². The molecule has 1 rings (SSSR count). The summed E-state index contributed by atoms with van der Waals surface area (Å²) < 4.78 is 5.78. The summed E-state index contributed by atoms with van der Waals surface area (Å²) >= 11 is 0. The molecule has 0 bridgehead atoms. The zero-order valence-corrected chi connectivity index (χ0v) is 12.8. The van der Waals surface area contributed by atoms with Gasteiger partial charge in [0.15, 0.2) is 0 Å². The van der Waals surface area contributed by atoms with E-state index >= 15 is 0 Å². The topological polar surface area (TPSA) is 33.0 Å². The molecule has 2 nitrogen and oxygen atoms in total. The van der Waals surface area contributed by atoms with Crippen LogP contribution in [0.3, 0.4) is 0 Å². The average Bonchev–Trinajstić information content (AvgIpc) is 2.28. The number of ether oxygens (including phenoxy) is 1. The summed E-state index contributed by atoms with van der Waals surface area (Å²) in [5.41, 5.74) is -0.206. The van der Waals surface area contributed by atoms with Gasteiger partial charge in [0.2, 0.25) is 0 Å². The van der Waals surface area contributed by atoms with Crippen molar-refractivity contribution in [1.82, 2.24) is 0 Å². The standard InChI is InChI=1S/C16H29NO/c1-13(2)14-6-8-16(12-17,9-7-14)10-11-18-15(3,4)5/h13-14H,6-11H2,1-5H3. The largest absolute Gasteiger partial charge is 0.376 e. The Balaban J connectivity index is 2.44. The third kappa shape index (κ3) is 4.61. The molecule has 1 fully saturated rings. The molecule has 18 heavy (non-hydrogen) atoms. The molecule has 104 valence electrons. The van der Waals surface area contributed by atoms with Crippen molar-refractivity contribution >= 4 is 0 Å². The summed E-state index contributed by atoms with van der Waals surface area (Å²) in [6.07, 6.45) is 5.42. The van der Waals surface area contributed by atoms with Gasteiger partial charge < -0.3 is 4.74 Å². The maximum absolute atomic E-state index is 9.49. The number of nitriles is 1. The predicted molar refractivity (Wildman–Crippen MR) is 75.2 cm³/mol. The Morgan fingerprint density at radius 1 is 1.28 bits per heavy atom. The van der Waals surface area contributed by atoms with Crippen LogP contribution in [0, 0.1) is 28.6 Å². The summed E-state index contributed by atoms with van der Waals surface area (Å²) in [4.78, 5) is 0. The second-order valence-electron chi connectivity index (χ2n) is 7.18. The number of rotatable bonds is 4. The van der Waals surface area contributed by atoms with Crippen LogP contribution >= 0.6 is 0 Å². The molecule has 0 atom stereocenters. The zero-order chi connectivity index (χ0) is 13.8. The molecule has 0 aliphatic heterocycles. The molecule has 0 unspecified atom stereocenters. The van der Waals surface area contributed by atoms with Gasteiger partial charge in [-0.3, -0.25) is 0 Å². The quantitative estimate of drug-likeness (QED) is 0.734. The molecule has 0 amide bonds. The Morgan fingerprint density at radius 2 is 1.83 bits per heavy atom. The van der Waals surface area contributed by atoms with Crippen LogP contribution in [0.2, 0.25) is 0 Å². The predicted octanol–water partition coefficient (Wildman–Crippen LogP) is 4.55. The maximum atomic E-state index is 9.49. The zero-order valence-electron chi connectivity index (χ0n) is 12.8. The third-order valence-corrected chi connectivity index (χ3v) is 4.28.